The van der Waals surface area contributed by atoms with Gasteiger partial charge < -0.3 is 5.11 Å². The number of hydrogen-bond donors (Lipinski definition) is 1. The molecule has 0 unspecified atom stereocenters. The maximum atomic E-state index is 13.5. The molecule has 2 aromatic carbocycles. The first-order valence-corrected chi connectivity index (χ1v) is 7.19. The summed E-state index contributed by atoms with van der Waals surface area (Å²) in [6.07, 6.45) is 0. The predicted molar refractivity (Wildman–Crippen MR) is 82.7 cm³/mol. The van der Waals surface area contributed by atoms with Crippen LogP contribution >= 0.6 is 15.9 Å². The summed E-state index contributed by atoms with van der Waals surface area (Å²) >= 11 is 3.13. The van der Waals surface area contributed by atoms with Crippen LogP contribution in [0.4, 0.5) is 4.39 Å². The minimum atomic E-state index is -0.930. The predicted octanol–water partition coefficient (Wildman–Crippen LogP) is 3.92. The van der Waals surface area contributed by atoms with Crippen LogP contribution in [-0.4, -0.2) is 23.0 Å². The van der Waals surface area contributed by atoms with Gasteiger partial charge in [-0.1, -0.05) is 18.2 Å². The van der Waals surface area contributed by atoms with Crippen molar-refractivity contribution in [2.45, 2.75) is 13.1 Å². The van der Waals surface area contributed by atoms with E-state index < -0.39 is 5.97 Å². The lowest BCUT2D eigenvalue weighted by atomic mass is 10.1. The quantitative estimate of drug-likeness (QED) is 0.887. The Hall–Kier alpha value is -1.72. The third-order valence-electron chi connectivity index (χ3n) is 3.09. The number of carboxylic acid groups (broad SMARTS) is 1. The van der Waals surface area contributed by atoms with E-state index in [1.54, 1.807) is 30.3 Å². The lowest BCUT2D eigenvalue weighted by molar-refractivity contribution is 0.0697. The number of benzene rings is 2. The van der Waals surface area contributed by atoms with Crippen LogP contribution in [0.5, 0.6) is 0 Å². The van der Waals surface area contributed by atoms with Gasteiger partial charge >= 0.3 is 5.97 Å². The van der Waals surface area contributed by atoms with E-state index in [1.165, 1.54) is 6.07 Å². The van der Waals surface area contributed by atoms with Gasteiger partial charge in [-0.25, -0.2) is 9.18 Å². The second kappa shape index (κ2) is 6.83. The molecular weight excluding hydrogens is 337 g/mol. The molecule has 0 radical (unpaired) electrons. The summed E-state index contributed by atoms with van der Waals surface area (Å²) in [5.74, 6) is -1.20. The van der Waals surface area contributed by atoms with Crippen molar-refractivity contribution in [1.29, 1.82) is 0 Å². The Morgan fingerprint density at radius 1 is 1.14 bits per heavy atom. The van der Waals surface area contributed by atoms with Gasteiger partial charge in [0.2, 0.25) is 0 Å². The van der Waals surface area contributed by atoms with Crippen LogP contribution < -0.4 is 0 Å². The average Bonchev–Trinajstić information content (AvgIpc) is 2.43. The molecule has 0 aliphatic rings. The molecule has 0 fully saturated rings. The fraction of sp³-hybridized carbons (Fsp3) is 0.188. The Morgan fingerprint density at radius 3 is 2.29 bits per heavy atom. The van der Waals surface area contributed by atoms with Crippen molar-refractivity contribution in [1.82, 2.24) is 4.90 Å². The SMILES string of the molecule is CN(Cc1ccc(C(=O)O)cc1)Cc1ccc(Br)c(F)c1. The molecule has 0 saturated heterocycles. The highest BCUT2D eigenvalue weighted by Crippen LogP contribution is 2.17. The van der Waals surface area contributed by atoms with Crippen LogP contribution in [0, 0.1) is 5.82 Å². The van der Waals surface area contributed by atoms with Gasteiger partial charge in [-0.05, 0) is 58.4 Å². The number of halogens is 2. The third-order valence-corrected chi connectivity index (χ3v) is 3.73. The second-order valence-electron chi connectivity index (χ2n) is 4.92. The van der Waals surface area contributed by atoms with E-state index in [1.807, 2.05) is 18.0 Å². The van der Waals surface area contributed by atoms with Gasteiger partial charge in [-0.15, -0.1) is 0 Å². The van der Waals surface area contributed by atoms with Crippen molar-refractivity contribution in [3.63, 3.8) is 0 Å². The van der Waals surface area contributed by atoms with E-state index in [2.05, 4.69) is 15.9 Å². The van der Waals surface area contributed by atoms with Gasteiger partial charge in [-0.2, -0.15) is 0 Å². The van der Waals surface area contributed by atoms with Crippen LogP contribution in [0.25, 0.3) is 0 Å². The molecule has 0 bridgehead atoms. The molecule has 0 heterocycles. The highest BCUT2D eigenvalue weighted by molar-refractivity contribution is 9.10. The Kier molecular flexibility index (Phi) is 5.09. The molecule has 0 aliphatic carbocycles. The minimum Gasteiger partial charge on any atom is -0.478 e. The van der Waals surface area contributed by atoms with Crippen molar-refractivity contribution in [2.75, 3.05) is 7.05 Å². The van der Waals surface area contributed by atoms with Gasteiger partial charge in [0.1, 0.15) is 5.82 Å². The van der Waals surface area contributed by atoms with Crippen molar-refractivity contribution < 1.29 is 14.3 Å². The highest BCUT2D eigenvalue weighted by atomic mass is 79.9. The molecule has 0 spiro atoms. The van der Waals surface area contributed by atoms with Crippen molar-refractivity contribution >= 4 is 21.9 Å². The summed E-state index contributed by atoms with van der Waals surface area (Å²) in [6, 6.07) is 11.8. The van der Waals surface area contributed by atoms with Crippen molar-refractivity contribution in [2.24, 2.45) is 0 Å². The Morgan fingerprint density at radius 2 is 1.71 bits per heavy atom. The zero-order valence-corrected chi connectivity index (χ0v) is 13.1. The van der Waals surface area contributed by atoms with Gasteiger partial charge in [0.15, 0.2) is 0 Å². The molecule has 3 nitrogen and oxygen atoms in total. The van der Waals surface area contributed by atoms with E-state index >= 15 is 0 Å². The van der Waals surface area contributed by atoms with Crippen LogP contribution in [0.3, 0.4) is 0 Å². The summed E-state index contributed by atoms with van der Waals surface area (Å²) in [4.78, 5) is 12.8. The molecule has 21 heavy (non-hydrogen) atoms. The number of carbonyl (C=O) groups is 1. The maximum absolute atomic E-state index is 13.5. The standard InChI is InChI=1S/C16H15BrFNO2/c1-19(10-12-4-7-14(17)15(18)8-12)9-11-2-5-13(6-3-11)16(20)21/h2-8H,9-10H2,1H3,(H,20,21). The van der Waals surface area contributed by atoms with Crippen molar-refractivity contribution in [3.8, 4) is 0 Å². The van der Waals surface area contributed by atoms with Crippen LogP contribution in [0.1, 0.15) is 21.5 Å². The monoisotopic (exact) mass is 351 g/mol. The molecule has 110 valence electrons. The minimum absolute atomic E-state index is 0.272. The summed E-state index contributed by atoms with van der Waals surface area (Å²) in [5.41, 5.74) is 2.18. The van der Waals surface area contributed by atoms with Gasteiger partial charge in [0.05, 0.1) is 10.0 Å². The van der Waals surface area contributed by atoms with E-state index in [0.29, 0.717) is 17.6 Å². The van der Waals surface area contributed by atoms with E-state index in [0.717, 1.165) is 11.1 Å². The third kappa shape index (κ3) is 4.37. The molecule has 2 aromatic rings. The summed E-state index contributed by atoms with van der Waals surface area (Å²) in [6.45, 7) is 1.28. The zero-order chi connectivity index (χ0) is 15.4. The molecule has 1 N–H and O–H groups in total. The first-order chi connectivity index (χ1) is 9.95. The summed E-state index contributed by atoms with van der Waals surface area (Å²) in [7, 11) is 1.94. The smallest absolute Gasteiger partial charge is 0.335 e. The lowest BCUT2D eigenvalue weighted by Gasteiger charge is -2.17. The maximum Gasteiger partial charge on any atom is 0.335 e. The Labute approximate surface area is 131 Å². The fourth-order valence-corrected chi connectivity index (χ4v) is 2.32. The molecule has 5 heteroatoms. The van der Waals surface area contributed by atoms with Crippen LogP contribution in [-0.2, 0) is 13.1 Å². The summed E-state index contributed by atoms with van der Waals surface area (Å²) < 4.78 is 13.9. The first-order valence-electron chi connectivity index (χ1n) is 6.40. The largest absolute Gasteiger partial charge is 0.478 e. The van der Waals surface area contributed by atoms with Crippen molar-refractivity contribution in [3.05, 3.63) is 69.4 Å². The number of hydrogen-bond acceptors (Lipinski definition) is 2. The first kappa shape index (κ1) is 15.7. The van der Waals surface area contributed by atoms with E-state index in [9.17, 15) is 9.18 Å². The molecule has 0 saturated carbocycles. The molecule has 0 aliphatic heterocycles. The van der Waals surface area contributed by atoms with Gasteiger partial charge in [-0.3, -0.25) is 4.90 Å². The lowest BCUT2D eigenvalue weighted by Crippen LogP contribution is -2.17. The summed E-state index contributed by atoms with van der Waals surface area (Å²) in [5, 5.41) is 8.85. The number of carboxylic acids is 1. The zero-order valence-electron chi connectivity index (χ0n) is 11.5. The molecular formula is C16H15BrFNO2. The number of nitrogens with zero attached hydrogens (tertiary/aromatic N) is 1. The molecule has 0 aromatic heterocycles. The Bertz CT molecular complexity index is 643. The second-order valence-corrected chi connectivity index (χ2v) is 5.78. The topological polar surface area (TPSA) is 40.5 Å². The van der Waals surface area contributed by atoms with E-state index in [-0.39, 0.29) is 11.4 Å². The highest BCUT2D eigenvalue weighted by Gasteiger charge is 2.06. The van der Waals surface area contributed by atoms with Gasteiger partial charge in [0, 0.05) is 13.1 Å². The fourth-order valence-electron chi connectivity index (χ4n) is 2.07. The number of rotatable bonds is 5. The number of aromatic carboxylic acids is 1. The van der Waals surface area contributed by atoms with Crippen LogP contribution in [0.2, 0.25) is 0 Å². The Balaban J connectivity index is 1.99. The van der Waals surface area contributed by atoms with Gasteiger partial charge in [0.25, 0.3) is 0 Å². The average molecular weight is 352 g/mol. The van der Waals surface area contributed by atoms with Crippen LogP contribution in [0.15, 0.2) is 46.9 Å². The molecule has 0 atom stereocenters. The normalized spacial score (nSPS) is 10.9. The van der Waals surface area contributed by atoms with E-state index in [4.69, 9.17) is 5.11 Å². The molecule has 2 rings (SSSR count). The molecule has 0 amide bonds.